The van der Waals surface area contributed by atoms with Crippen LogP contribution >= 0.6 is 0 Å². The number of halogens is 3. The predicted octanol–water partition coefficient (Wildman–Crippen LogP) is 2.63. The fourth-order valence-corrected chi connectivity index (χ4v) is 1.58. The first-order chi connectivity index (χ1) is 9.89. The maximum Gasteiger partial charge on any atom is 0.573 e. The molecule has 8 heteroatoms. The van der Waals surface area contributed by atoms with Crippen LogP contribution in [-0.4, -0.2) is 29.8 Å². The topological polar surface area (TPSA) is 55.3 Å². The molecule has 0 saturated carbocycles. The predicted molar refractivity (Wildman–Crippen MR) is 68.6 cm³/mol. The number of alkyl halides is 3. The van der Waals surface area contributed by atoms with Gasteiger partial charge >= 0.3 is 6.36 Å². The lowest BCUT2D eigenvalue weighted by Crippen LogP contribution is -2.17. The molecule has 0 radical (unpaired) electrons. The minimum absolute atomic E-state index is 0.314. The highest BCUT2D eigenvalue weighted by molar-refractivity contribution is 5.74. The van der Waals surface area contributed by atoms with Crippen molar-refractivity contribution in [1.82, 2.24) is 9.97 Å². The van der Waals surface area contributed by atoms with Crippen LogP contribution < -0.4 is 9.64 Å². The van der Waals surface area contributed by atoms with E-state index in [1.807, 2.05) is 0 Å². The molecule has 1 aromatic heterocycles. The minimum atomic E-state index is -4.73. The molecule has 1 amide bonds. The van der Waals surface area contributed by atoms with Gasteiger partial charge in [-0.2, -0.15) is 0 Å². The Morgan fingerprint density at radius 2 is 1.86 bits per heavy atom. The van der Waals surface area contributed by atoms with E-state index >= 15 is 0 Å². The Morgan fingerprint density at radius 1 is 1.19 bits per heavy atom. The van der Waals surface area contributed by atoms with Crippen LogP contribution in [0.25, 0.3) is 11.3 Å². The van der Waals surface area contributed by atoms with Crippen LogP contribution in [0.5, 0.6) is 5.75 Å². The van der Waals surface area contributed by atoms with Gasteiger partial charge in [-0.25, -0.2) is 9.97 Å². The second kappa shape index (κ2) is 5.78. The quantitative estimate of drug-likeness (QED) is 0.814. The van der Waals surface area contributed by atoms with Gasteiger partial charge in [0.15, 0.2) is 0 Å². The third kappa shape index (κ3) is 3.91. The summed E-state index contributed by atoms with van der Waals surface area (Å²) in [6.07, 6.45) is -2.87. The van der Waals surface area contributed by atoms with Crippen molar-refractivity contribution in [3.05, 3.63) is 36.7 Å². The summed E-state index contributed by atoms with van der Waals surface area (Å²) in [6, 6.07) is 6.80. The first-order valence-corrected chi connectivity index (χ1v) is 5.75. The molecule has 0 atom stereocenters. The number of amides is 1. The largest absolute Gasteiger partial charge is 0.573 e. The molecular weight excluding hydrogens is 287 g/mol. The van der Waals surface area contributed by atoms with Gasteiger partial charge in [-0.3, -0.25) is 4.79 Å². The lowest BCUT2D eigenvalue weighted by molar-refractivity contribution is -0.274. The SMILES string of the molecule is CN(C=O)c1cc(-c2ccc(OC(F)(F)F)cc2)ncn1. The Bertz CT molecular complexity index is 629. The van der Waals surface area contributed by atoms with E-state index in [9.17, 15) is 18.0 Å². The third-order valence-corrected chi connectivity index (χ3v) is 2.56. The molecule has 0 unspecified atom stereocenters. The van der Waals surface area contributed by atoms with Crippen LogP contribution in [0.3, 0.4) is 0 Å². The van der Waals surface area contributed by atoms with Crippen molar-refractivity contribution in [2.75, 3.05) is 11.9 Å². The van der Waals surface area contributed by atoms with Crippen molar-refractivity contribution in [3.8, 4) is 17.0 Å². The van der Waals surface area contributed by atoms with Gasteiger partial charge in [-0.15, -0.1) is 13.2 Å². The number of ether oxygens (including phenoxy) is 1. The normalized spacial score (nSPS) is 11.0. The van der Waals surface area contributed by atoms with Crippen LogP contribution in [0.2, 0.25) is 0 Å². The zero-order chi connectivity index (χ0) is 15.5. The minimum Gasteiger partial charge on any atom is -0.406 e. The lowest BCUT2D eigenvalue weighted by Gasteiger charge is -2.11. The highest BCUT2D eigenvalue weighted by atomic mass is 19.4. The Labute approximate surface area is 118 Å². The smallest absolute Gasteiger partial charge is 0.406 e. The zero-order valence-electron chi connectivity index (χ0n) is 10.8. The summed E-state index contributed by atoms with van der Waals surface area (Å²) < 4.78 is 40.0. The van der Waals surface area contributed by atoms with E-state index in [0.29, 0.717) is 23.5 Å². The molecule has 0 aliphatic rings. The molecule has 1 aromatic carbocycles. The van der Waals surface area contributed by atoms with Crippen molar-refractivity contribution in [1.29, 1.82) is 0 Å². The summed E-state index contributed by atoms with van der Waals surface area (Å²) in [5.41, 5.74) is 1.06. The van der Waals surface area contributed by atoms with Gasteiger partial charge < -0.3 is 9.64 Å². The number of benzene rings is 1. The zero-order valence-corrected chi connectivity index (χ0v) is 10.8. The third-order valence-electron chi connectivity index (χ3n) is 2.56. The summed E-state index contributed by atoms with van der Waals surface area (Å²) >= 11 is 0. The monoisotopic (exact) mass is 297 g/mol. The molecule has 2 aromatic rings. The average Bonchev–Trinajstić information content (AvgIpc) is 2.45. The Hall–Kier alpha value is -2.64. The van der Waals surface area contributed by atoms with Crippen LogP contribution in [-0.2, 0) is 4.79 Å². The van der Waals surface area contributed by atoms with E-state index in [4.69, 9.17) is 0 Å². The maximum absolute atomic E-state index is 12.1. The first-order valence-electron chi connectivity index (χ1n) is 5.75. The van der Waals surface area contributed by atoms with Gasteiger partial charge in [0.25, 0.3) is 0 Å². The summed E-state index contributed by atoms with van der Waals surface area (Å²) in [5.74, 6) is 0.0659. The van der Waals surface area contributed by atoms with Crippen LogP contribution in [0, 0.1) is 0 Å². The first kappa shape index (κ1) is 14.8. The van der Waals surface area contributed by atoms with Gasteiger partial charge in [-0.1, -0.05) is 0 Å². The van der Waals surface area contributed by atoms with Crippen molar-refractivity contribution in [2.24, 2.45) is 0 Å². The van der Waals surface area contributed by atoms with E-state index < -0.39 is 6.36 Å². The number of rotatable bonds is 4. The molecule has 0 N–H and O–H groups in total. The molecule has 2 rings (SSSR count). The number of nitrogens with zero attached hydrogens (tertiary/aromatic N) is 3. The second-order valence-electron chi connectivity index (χ2n) is 4.05. The number of carbonyl (C=O) groups is 1. The van der Waals surface area contributed by atoms with E-state index in [1.165, 1.54) is 42.5 Å². The van der Waals surface area contributed by atoms with Gasteiger partial charge in [0.2, 0.25) is 6.41 Å². The summed E-state index contributed by atoms with van der Waals surface area (Å²) in [7, 11) is 1.53. The average molecular weight is 297 g/mol. The van der Waals surface area contributed by atoms with Crippen molar-refractivity contribution >= 4 is 12.2 Å². The lowest BCUT2D eigenvalue weighted by atomic mass is 10.1. The molecule has 0 bridgehead atoms. The van der Waals surface area contributed by atoms with Crippen molar-refractivity contribution in [2.45, 2.75) is 6.36 Å². The Balaban J connectivity index is 2.24. The number of anilines is 1. The summed E-state index contributed by atoms with van der Waals surface area (Å²) in [4.78, 5) is 19.9. The van der Waals surface area contributed by atoms with Gasteiger partial charge in [-0.05, 0) is 24.3 Å². The molecule has 1 heterocycles. The summed E-state index contributed by atoms with van der Waals surface area (Å²) in [5, 5.41) is 0. The molecule has 110 valence electrons. The molecule has 0 saturated heterocycles. The Morgan fingerprint density at radius 3 is 2.43 bits per heavy atom. The number of carbonyl (C=O) groups excluding carboxylic acids is 1. The standard InChI is InChI=1S/C13H10F3N3O2/c1-19(8-20)12-6-11(17-7-18-12)9-2-4-10(5-3-9)21-13(14,15)16/h2-8H,1H3. The summed E-state index contributed by atoms with van der Waals surface area (Å²) in [6.45, 7) is 0. The molecule has 0 fully saturated rings. The molecule has 0 aliphatic carbocycles. The van der Waals surface area contributed by atoms with Crippen LogP contribution in [0.1, 0.15) is 0 Å². The molecule has 5 nitrogen and oxygen atoms in total. The van der Waals surface area contributed by atoms with E-state index in [2.05, 4.69) is 14.7 Å². The van der Waals surface area contributed by atoms with Crippen LogP contribution in [0.15, 0.2) is 36.7 Å². The number of hydrogen-bond acceptors (Lipinski definition) is 4. The van der Waals surface area contributed by atoms with E-state index in [-0.39, 0.29) is 5.75 Å². The van der Waals surface area contributed by atoms with Crippen LogP contribution in [0.4, 0.5) is 19.0 Å². The molecule has 0 aliphatic heterocycles. The highest BCUT2D eigenvalue weighted by Crippen LogP contribution is 2.26. The van der Waals surface area contributed by atoms with Crippen molar-refractivity contribution in [3.63, 3.8) is 0 Å². The molecule has 21 heavy (non-hydrogen) atoms. The number of aromatic nitrogens is 2. The van der Waals surface area contributed by atoms with Gasteiger partial charge in [0.05, 0.1) is 5.69 Å². The fourth-order valence-electron chi connectivity index (χ4n) is 1.58. The maximum atomic E-state index is 12.1. The second-order valence-corrected chi connectivity index (χ2v) is 4.05. The van der Waals surface area contributed by atoms with Gasteiger partial charge in [0, 0.05) is 18.7 Å². The Kier molecular flexibility index (Phi) is 4.06. The molecule has 0 spiro atoms. The van der Waals surface area contributed by atoms with Gasteiger partial charge in [0.1, 0.15) is 17.9 Å². The van der Waals surface area contributed by atoms with E-state index in [0.717, 1.165) is 0 Å². The van der Waals surface area contributed by atoms with Crippen molar-refractivity contribution < 1.29 is 22.7 Å². The highest BCUT2D eigenvalue weighted by Gasteiger charge is 2.30. The number of hydrogen-bond donors (Lipinski definition) is 0. The molecular formula is C13H10F3N3O2. The fraction of sp³-hybridized carbons (Fsp3) is 0.154. The van der Waals surface area contributed by atoms with E-state index in [1.54, 1.807) is 6.07 Å².